The Bertz CT molecular complexity index is 804. The van der Waals surface area contributed by atoms with E-state index in [4.69, 9.17) is 0 Å². The van der Waals surface area contributed by atoms with E-state index < -0.39 is 23.8 Å². The lowest BCUT2D eigenvalue weighted by Crippen LogP contribution is -2.34. The highest BCUT2D eigenvalue weighted by atomic mass is 19.4. The molecule has 0 aliphatic carbocycles. The van der Waals surface area contributed by atoms with Crippen molar-refractivity contribution in [3.8, 4) is 6.07 Å². The molecule has 0 N–H and O–H groups in total. The maximum atomic E-state index is 13.0. The van der Waals surface area contributed by atoms with Gasteiger partial charge in [-0.2, -0.15) is 18.4 Å². The van der Waals surface area contributed by atoms with Crippen molar-refractivity contribution in [1.29, 1.82) is 5.26 Å². The molecule has 130 valence electrons. The molecule has 2 aromatic carbocycles. The van der Waals surface area contributed by atoms with E-state index in [0.29, 0.717) is 18.4 Å². The van der Waals surface area contributed by atoms with Gasteiger partial charge in [-0.25, -0.2) is 0 Å². The van der Waals surface area contributed by atoms with Crippen LogP contribution >= 0.6 is 0 Å². The molecular formula is C20H18F3NO. The molecule has 0 saturated heterocycles. The average Bonchev–Trinajstić information content (AvgIpc) is 2.59. The SMILES string of the molecule is C=CCCCC(C(=O)C(F)(F)F)C(C#N)c1ccc2ccccc2c1. The smallest absolute Gasteiger partial charge is 0.289 e. The minimum atomic E-state index is -4.95. The lowest BCUT2D eigenvalue weighted by Gasteiger charge is -2.22. The zero-order chi connectivity index (χ0) is 18.4. The number of hydrogen-bond acceptors (Lipinski definition) is 2. The third-order valence-corrected chi connectivity index (χ3v) is 4.21. The minimum absolute atomic E-state index is 0.00455. The van der Waals surface area contributed by atoms with Gasteiger partial charge < -0.3 is 0 Å². The summed E-state index contributed by atoms with van der Waals surface area (Å²) in [6, 6.07) is 14.4. The first-order chi connectivity index (χ1) is 11.9. The number of Topliss-reactive ketones (excluding diaryl/α,β-unsaturated/α-hetero) is 1. The van der Waals surface area contributed by atoms with Crippen LogP contribution in [-0.2, 0) is 4.79 Å². The van der Waals surface area contributed by atoms with Crippen LogP contribution in [0.4, 0.5) is 13.2 Å². The predicted octanol–water partition coefficient (Wildman–Crippen LogP) is 5.55. The van der Waals surface area contributed by atoms with Crippen molar-refractivity contribution in [2.24, 2.45) is 5.92 Å². The number of nitrogens with zero attached hydrogens (tertiary/aromatic N) is 1. The van der Waals surface area contributed by atoms with E-state index in [2.05, 4.69) is 6.58 Å². The average molecular weight is 345 g/mol. The zero-order valence-corrected chi connectivity index (χ0v) is 13.6. The second-order valence-electron chi connectivity index (χ2n) is 5.90. The van der Waals surface area contributed by atoms with Crippen molar-refractivity contribution in [1.82, 2.24) is 0 Å². The summed E-state index contributed by atoms with van der Waals surface area (Å²) in [5.41, 5.74) is 0.433. The van der Waals surface area contributed by atoms with Crippen LogP contribution in [0.1, 0.15) is 30.7 Å². The molecule has 0 amide bonds. The number of carbonyl (C=O) groups excluding carboxylic acids is 1. The molecule has 25 heavy (non-hydrogen) atoms. The molecule has 2 nitrogen and oxygen atoms in total. The minimum Gasteiger partial charge on any atom is -0.289 e. The van der Waals surface area contributed by atoms with Crippen LogP contribution in [0.25, 0.3) is 10.8 Å². The largest absolute Gasteiger partial charge is 0.450 e. The number of rotatable bonds is 7. The first kappa shape index (κ1) is 18.7. The Morgan fingerprint density at radius 1 is 1.20 bits per heavy atom. The van der Waals surface area contributed by atoms with Gasteiger partial charge in [0.1, 0.15) is 0 Å². The number of unbranched alkanes of at least 4 members (excludes halogenated alkanes) is 1. The van der Waals surface area contributed by atoms with Gasteiger partial charge in [0.25, 0.3) is 0 Å². The summed E-state index contributed by atoms with van der Waals surface area (Å²) < 4.78 is 39.0. The van der Waals surface area contributed by atoms with Gasteiger partial charge in [-0.3, -0.25) is 4.79 Å². The Balaban J connectivity index is 2.41. The fraction of sp³-hybridized carbons (Fsp3) is 0.300. The summed E-state index contributed by atoms with van der Waals surface area (Å²) in [4.78, 5) is 11.9. The van der Waals surface area contributed by atoms with E-state index in [0.717, 1.165) is 10.8 Å². The summed E-state index contributed by atoms with van der Waals surface area (Å²) in [7, 11) is 0. The molecule has 0 fully saturated rings. The first-order valence-electron chi connectivity index (χ1n) is 7.98. The third-order valence-electron chi connectivity index (χ3n) is 4.21. The standard InChI is InChI=1S/C20H18F3NO/c1-2-3-4-9-17(19(25)20(21,22)23)18(13-24)16-11-10-14-7-5-6-8-15(14)12-16/h2,5-8,10-12,17-18H,1,3-4,9H2. The van der Waals surface area contributed by atoms with Gasteiger partial charge in [-0.15, -0.1) is 6.58 Å². The fourth-order valence-electron chi connectivity index (χ4n) is 2.94. The van der Waals surface area contributed by atoms with Crippen LogP contribution in [0, 0.1) is 17.2 Å². The molecule has 0 radical (unpaired) electrons. The Morgan fingerprint density at radius 3 is 2.48 bits per heavy atom. The van der Waals surface area contributed by atoms with Gasteiger partial charge in [0, 0.05) is 5.92 Å². The van der Waals surface area contributed by atoms with Gasteiger partial charge in [0.05, 0.1) is 12.0 Å². The predicted molar refractivity (Wildman–Crippen MR) is 90.9 cm³/mol. The molecule has 2 atom stereocenters. The first-order valence-corrected chi connectivity index (χ1v) is 7.98. The highest BCUT2D eigenvalue weighted by Gasteiger charge is 2.46. The number of ketones is 1. The van der Waals surface area contributed by atoms with Gasteiger partial charge >= 0.3 is 6.18 Å². The molecule has 0 aliphatic heterocycles. The molecule has 0 aliphatic rings. The second kappa shape index (κ2) is 7.98. The van der Waals surface area contributed by atoms with Crippen LogP contribution in [-0.4, -0.2) is 12.0 Å². The fourth-order valence-corrected chi connectivity index (χ4v) is 2.94. The Hall–Kier alpha value is -2.61. The normalized spacial score (nSPS) is 13.8. The third kappa shape index (κ3) is 4.48. The van der Waals surface area contributed by atoms with Crippen molar-refractivity contribution < 1.29 is 18.0 Å². The van der Waals surface area contributed by atoms with E-state index in [1.807, 2.05) is 30.3 Å². The summed E-state index contributed by atoms with van der Waals surface area (Å²) >= 11 is 0. The summed E-state index contributed by atoms with van der Waals surface area (Å²) in [5, 5.41) is 11.3. The highest BCUT2D eigenvalue weighted by Crippen LogP contribution is 2.35. The van der Waals surface area contributed by atoms with Crippen LogP contribution in [0.15, 0.2) is 55.1 Å². The number of alkyl halides is 3. The number of fused-ring (bicyclic) bond motifs is 1. The Morgan fingerprint density at radius 2 is 1.88 bits per heavy atom. The van der Waals surface area contributed by atoms with Gasteiger partial charge in [-0.05, 0) is 41.7 Å². The maximum Gasteiger partial charge on any atom is 0.450 e. The van der Waals surface area contributed by atoms with Gasteiger partial charge in [-0.1, -0.05) is 42.5 Å². The van der Waals surface area contributed by atoms with Crippen molar-refractivity contribution in [2.75, 3.05) is 0 Å². The van der Waals surface area contributed by atoms with Crippen LogP contribution < -0.4 is 0 Å². The Labute approximate surface area is 144 Å². The zero-order valence-electron chi connectivity index (χ0n) is 13.6. The molecule has 2 unspecified atom stereocenters. The molecule has 0 aromatic heterocycles. The quantitative estimate of drug-likeness (QED) is 0.487. The topological polar surface area (TPSA) is 40.9 Å². The Kier molecular flexibility index (Phi) is 5.97. The van der Waals surface area contributed by atoms with E-state index in [1.54, 1.807) is 24.3 Å². The van der Waals surface area contributed by atoms with Crippen molar-refractivity contribution in [2.45, 2.75) is 31.4 Å². The molecular weight excluding hydrogens is 327 g/mol. The molecule has 5 heteroatoms. The number of carbonyl (C=O) groups is 1. The van der Waals surface area contributed by atoms with Crippen molar-refractivity contribution in [3.63, 3.8) is 0 Å². The monoisotopic (exact) mass is 345 g/mol. The molecule has 0 spiro atoms. The highest BCUT2D eigenvalue weighted by molar-refractivity contribution is 5.88. The van der Waals surface area contributed by atoms with E-state index in [1.165, 1.54) is 0 Å². The number of benzene rings is 2. The van der Waals surface area contributed by atoms with Gasteiger partial charge in [0.15, 0.2) is 0 Å². The molecule has 0 saturated carbocycles. The van der Waals surface area contributed by atoms with E-state index in [-0.39, 0.29) is 6.42 Å². The van der Waals surface area contributed by atoms with E-state index in [9.17, 15) is 23.2 Å². The van der Waals surface area contributed by atoms with Crippen LogP contribution in [0.3, 0.4) is 0 Å². The maximum absolute atomic E-state index is 13.0. The summed E-state index contributed by atoms with van der Waals surface area (Å²) in [6.45, 7) is 3.54. The summed E-state index contributed by atoms with van der Waals surface area (Å²) in [6.07, 6.45) is -2.49. The molecule has 2 rings (SSSR count). The van der Waals surface area contributed by atoms with Crippen molar-refractivity contribution >= 4 is 16.6 Å². The lowest BCUT2D eigenvalue weighted by atomic mass is 9.80. The molecule has 0 heterocycles. The van der Waals surface area contributed by atoms with E-state index >= 15 is 0 Å². The number of halogens is 3. The second-order valence-corrected chi connectivity index (χ2v) is 5.90. The van der Waals surface area contributed by atoms with Gasteiger partial charge in [0.2, 0.25) is 5.78 Å². The molecule has 2 aromatic rings. The summed E-state index contributed by atoms with van der Waals surface area (Å²) in [5.74, 6) is -4.38. The number of nitriles is 1. The van der Waals surface area contributed by atoms with Crippen LogP contribution in [0.5, 0.6) is 0 Å². The number of hydrogen-bond donors (Lipinski definition) is 0. The lowest BCUT2D eigenvalue weighted by molar-refractivity contribution is -0.176. The van der Waals surface area contributed by atoms with Crippen LogP contribution in [0.2, 0.25) is 0 Å². The molecule has 0 bridgehead atoms. The number of allylic oxidation sites excluding steroid dienone is 1. The van der Waals surface area contributed by atoms with Crippen molar-refractivity contribution in [3.05, 3.63) is 60.7 Å².